The van der Waals surface area contributed by atoms with Gasteiger partial charge in [-0.25, -0.2) is 9.37 Å². The molecule has 4 nitrogen and oxygen atoms in total. The first kappa shape index (κ1) is 18.7. The number of fused-ring (bicyclic) bond motifs is 1. The van der Waals surface area contributed by atoms with Gasteiger partial charge in [0.05, 0.1) is 6.04 Å². The van der Waals surface area contributed by atoms with Gasteiger partial charge in [0.1, 0.15) is 11.6 Å². The summed E-state index contributed by atoms with van der Waals surface area (Å²) >= 11 is 6.40. The molecule has 0 spiro atoms. The summed E-state index contributed by atoms with van der Waals surface area (Å²) in [5.74, 6) is 1.06. The topological polar surface area (TPSA) is 41.1 Å². The van der Waals surface area contributed by atoms with Gasteiger partial charge in [-0.15, -0.1) is 0 Å². The molecule has 0 saturated heterocycles. The SMILES string of the molecule is Cc1nc(Nc2cccc(F)c2)nc(N2CCc3c(Cl)cccc3C2C)c1C. The molecule has 0 radical (unpaired) electrons. The average Bonchev–Trinajstić information content (AvgIpc) is 2.66. The minimum atomic E-state index is -0.299. The third-order valence-corrected chi connectivity index (χ3v) is 5.75. The zero-order valence-corrected chi connectivity index (χ0v) is 16.9. The molecule has 28 heavy (non-hydrogen) atoms. The smallest absolute Gasteiger partial charge is 0.229 e. The van der Waals surface area contributed by atoms with E-state index in [0.717, 1.165) is 35.1 Å². The average molecular weight is 397 g/mol. The Hall–Kier alpha value is -2.66. The third-order valence-electron chi connectivity index (χ3n) is 5.39. The Morgan fingerprint density at radius 3 is 2.71 bits per heavy atom. The minimum Gasteiger partial charge on any atom is -0.349 e. The largest absolute Gasteiger partial charge is 0.349 e. The van der Waals surface area contributed by atoms with Crippen molar-refractivity contribution in [2.75, 3.05) is 16.8 Å². The molecule has 1 aromatic heterocycles. The number of halogens is 2. The van der Waals surface area contributed by atoms with Crippen molar-refractivity contribution in [1.29, 1.82) is 0 Å². The standard InChI is InChI=1S/C22H22ClFN4/c1-13-14(2)25-22(26-17-7-4-6-16(24)12-17)27-21(13)28-11-10-19-18(15(28)3)8-5-9-20(19)23/h4-9,12,15H,10-11H2,1-3H3,(H,25,26,27). The summed E-state index contributed by atoms with van der Waals surface area (Å²) in [5, 5.41) is 3.95. The predicted molar refractivity (Wildman–Crippen MR) is 112 cm³/mol. The minimum absolute atomic E-state index is 0.150. The van der Waals surface area contributed by atoms with Gasteiger partial charge in [-0.1, -0.05) is 29.8 Å². The summed E-state index contributed by atoms with van der Waals surface area (Å²) < 4.78 is 13.5. The molecule has 3 aromatic rings. The van der Waals surface area contributed by atoms with Crippen LogP contribution in [0.4, 0.5) is 21.8 Å². The molecule has 1 unspecified atom stereocenters. The molecule has 0 aliphatic carbocycles. The first-order valence-electron chi connectivity index (χ1n) is 9.36. The molecular formula is C22H22ClFN4. The molecule has 1 aliphatic rings. The van der Waals surface area contributed by atoms with Crippen molar-refractivity contribution in [3.05, 3.63) is 75.7 Å². The maximum absolute atomic E-state index is 13.5. The molecule has 1 N–H and O–H groups in total. The molecule has 0 saturated carbocycles. The lowest BCUT2D eigenvalue weighted by Gasteiger charge is -2.37. The summed E-state index contributed by atoms with van der Waals surface area (Å²) in [7, 11) is 0. The van der Waals surface area contributed by atoms with Crippen molar-refractivity contribution in [3.63, 3.8) is 0 Å². The van der Waals surface area contributed by atoms with Crippen LogP contribution in [-0.4, -0.2) is 16.5 Å². The normalized spacial score (nSPS) is 16.0. The molecule has 1 aliphatic heterocycles. The van der Waals surface area contributed by atoms with Crippen LogP contribution < -0.4 is 10.2 Å². The van der Waals surface area contributed by atoms with Crippen molar-refractivity contribution in [2.24, 2.45) is 0 Å². The number of aromatic nitrogens is 2. The molecule has 1 atom stereocenters. The second-order valence-electron chi connectivity index (χ2n) is 7.14. The summed E-state index contributed by atoms with van der Waals surface area (Å²) in [4.78, 5) is 11.6. The number of aryl methyl sites for hydroxylation is 1. The fraction of sp³-hybridized carbons (Fsp3) is 0.273. The Balaban J connectivity index is 1.71. The Kier molecular flexibility index (Phi) is 4.94. The van der Waals surface area contributed by atoms with Gasteiger partial charge >= 0.3 is 0 Å². The molecule has 2 aromatic carbocycles. The van der Waals surface area contributed by atoms with E-state index in [-0.39, 0.29) is 11.9 Å². The molecule has 0 bridgehead atoms. The summed E-state index contributed by atoms with van der Waals surface area (Å²) in [5.41, 5.74) is 5.01. The van der Waals surface area contributed by atoms with Crippen molar-refractivity contribution in [2.45, 2.75) is 33.2 Å². The van der Waals surface area contributed by atoms with Gasteiger partial charge in [0.25, 0.3) is 0 Å². The number of nitrogens with one attached hydrogen (secondary N) is 1. The fourth-order valence-electron chi connectivity index (χ4n) is 3.76. The second-order valence-corrected chi connectivity index (χ2v) is 7.55. The highest BCUT2D eigenvalue weighted by atomic mass is 35.5. The fourth-order valence-corrected chi connectivity index (χ4v) is 4.03. The Labute approximate surface area is 169 Å². The van der Waals surface area contributed by atoms with Gasteiger partial charge < -0.3 is 10.2 Å². The number of rotatable bonds is 3. The van der Waals surface area contributed by atoms with E-state index in [4.69, 9.17) is 16.6 Å². The molecule has 6 heteroatoms. The number of benzene rings is 2. The molecule has 4 rings (SSSR count). The van der Waals surface area contributed by atoms with Gasteiger partial charge in [-0.2, -0.15) is 4.98 Å². The molecule has 0 fully saturated rings. The van der Waals surface area contributed by atoms with Gasteiger partial charge in [-0.3, -0.25) is 0 Å². The van der Waals surface area contributed by atoms with Crippen LogP contribution in [0.5, 0.6) is 0 Å². The van der Waals surface area contributed by atoms with Crippen LogP contribution in [0.3, 0.4) is 0 Å². The van der Waals surface area contributed by atoms with E-state index in [1.165, 1.54) is 23.3 Å². The Bertz CT molecular complexity index is 1040. The number of anilines is 3. The van der Waals surface area contributed by atoms with Gasteiger partial charge in [0.2, 0.25) is 5.95 Å². The van der Waals surface area contributed by atoms with Crippen molar-refractivity contribution in [3.8, 4) is 0 Å². The summed E-state index contributed by atoms with van der Waals surface area (Å²) in [6.07, 6.45) is 0.870. The Morgan fingerprint density at radius 2 is 1.93 bits per heavy atom. The lowest BCUT2D eigenvalue weighted by molar-refractivity contribution is 0.614. The monoisotopic (exact) mass is 396 g/mol. The summed E-state index contributed by atoms with van der Waals surface area (Å²) in [6.45, 7) is 7.01. The maximum Gasteiger partial charge on any atom is 0.229 e. The Morgan fingerprint density at radius 1 is 1.14 bits per heavy atom. The highest BCUT2D eigenvalue weighted by Crippen LogP contribution is 2.37. The van der Waals surface area contributed by atoms with Gasteiger partial charge in [0, 0.05) is 28.5 Å². The van der Waals surface area contributed by atoms with E-state index in [1.54, 1.807) is 12.1 Å². The zero-order chi connectivity index (χ0) is 19.8. The lowest BCUT2D eigenvalue weighted by atomic mass is 9.93. The first-order valence-corrected chi connectivity index (χ1v) is 9.73. The van der Waals surface area contributed by atoms with E-state index >= 15 is 0 Å². The van der Waals surface area contributed by atoms with Crippen LogP contribution >= 0.6 is 11.6 Å². The third kappa shape index (κ3) is 3.42. The van der Waals surface area contributed by atoms with E-state index < -0.39 is 0 Å². The van der Waals surface area contributed by atoms with Crippen molar-refractivity contribution in [1.82, 2.24) is 9.97 Å². The van der Waals surface area contributed by atoms with Crippen LogP contribution in [-0.2, 0) is 6.42 Å². The van der Waals surface area contributed by atoms with E-state index in [0.29, 0.717) is 11.6 Å². The predicted octanol–water partition coefficient (Wildman–Crippen LogP) is 5.75. The van der Waals surface area contributed by atoms with E-state index in [1.807, 2.05) is 26.0 Å². The van der Waals surface area contributed by atoms with Crippen molar-refractivity contribution >= 4 is 29.1 Å². The highest BCUT2D eigenvalue weighted by molar-refractivity contribution is 6.31. The van der Waals surface area contributed by atoms with Crippen LogP contribution in [0.1, 0.15) is 35.3 Å². The first-order chi connectivity index (χ1) is 13.4. The molecule has 144 valence electrons. The van der Waals surface area contributed by atoms with Crippen LogP contribution in [0.25, 0.3) is 0 Å². The van der Waals surface area contributed by atoms with Crippen LogP contribution in [0.15, 0.2) is 42.5 Å². The summed E-state index contributed by atoms with van der Waals surface area (Å²) in [6, 6.07) is 12.5. The second kappa shape index (κ2) is 7.40. The van der Waals surface area contributed by atoms with Crippen LogP contribution in [0, 0.1) is 19.7 Å². The molecular weight excluding hydrogens is 375 g/mol. The number of nitrogens with zero attached hydrogens (tertiary/aromatic N) is 3. The quantitative estimate of drug-likeness (QED) is 0.611. The van der Waals surface area contributed by atoms with E-state index in [2.05, 4.69) is 28.2 Å². The number of hydrogen-bond donors (Lipinski definition) is 1. The van der Waals surface area contributed by atoms with Crippen molar-refractivity contribution < 1.29 is 4.39 Å². The maximum atomic E-state index is 13.5. The highest BCUT2D eigenvalue weighted by Gasteiger charge is 2.28. The molecule has 2 heterocycles. The molecule has 0 amide bonds. The van der Waals surface area contributed by atoms with E-state index in [9.17, 15) is 4.39 Å². The van der Waals surface area contributed by atoms with Gasteiger partial charge in [0.15, 0.2) is 0 Å². The van der Waals surface area contributed by atoms with Gasteiger partial charge in [-0.05, 0) is 62.6 Å². The number of hydrogen-bond acceptors (Lipinski definition) is 4. The zero-order valence-electron chi connectivity index (χ0n) is 16.1. The lowest BCUT2D eigenvalue weighted by Crippen LogP contribution is -2.35. The van der Waals surface area contributed by atoms with Crippen LogP contribution in [0.2, 0.25) is 5.02 Å².